The third-order valence-corrected chi connectivity index (χ3v) is 6.50. The molecule has 3 heterocycles. The van der Waals surface area contributed by atoms with Gasteiger partial charge < -0.3 is 80.1 Å². The average Bonchev–Trinajstić information content (AvgIpc) is 2.86. The van der Waals surface area contributed by atoms with E-state index in [-0.39, 0.29) is 0 Å². The number of ether oxygens (including phenoxy) is 5. The molecule has 0 spiro atoms. The fourth-order valence-electron chi connectivity index (χ4n) is 4.43. The molecule has 0 aromatic carbocycles. The molecule has 3 aliphatic heterocycles. The first kappa shape index (κ1) is 30.4. The van der Waals surface area contributed by atoms with Gasteiger partial charge in [-0.3, -0.25) is 4.79 Å². The Hall–Kier alpha value is -1.13. The lowest BCUT2D eigenvalue weighted by atomic mass is 9.95. The fourth-order valence-corrected chi connectivity index (χ4v) is 4.43. The Morgan fingerprint density at radius 3 is 1.59 bits per heavy atom. The Morgan fingerprint density at radius 1 is 0.649 bits per heavy atom. The molecule has 0 aromatic rings. The van der Waals surface area contributed by atoms with Gasteiger partial charge in [0.25, 0.3) is 0 Å². The maximum Gasteiger partial charge on any atom is 0.217 e. The molecule has 3 fully saturated rings. The molecule has 11 N–H and O–H groups in total. The summed E-state index contributed by atoms with van der Waals surface area (Å²) in [5.74, 6) is -0.664. The minimum absolute atomic E-state index is 0.664. The van der Waals surface area contributed by atoms with Crippen LogP contribution in [0.1, 0.15) is 6.92 Å². The number of carbonyl (C=O) groups excluding carboxylic acids is 1. The van der Waals surface area contributed by atoms with Crippen LogP contribution in [0.4, 0.5) is 0 Å². The molecule has 3 rings (SSSR count). The second-order valence-corrected chi connectivity index (χ2v) is 9.07. The van der Waals surface area contributed by atoms with Crippen LogP contribution in [0.5, 0.6) is 0 Å². The molecule has 0 aromatic heterocycles. The van der Waals surface area contributed by atoms with Gasteiger partial charge in [0.05, 0.1) is 19.8 Å². The Morgan fingerprint density at radius 2 is 1.08 bits per heavy atom. The largest absolute Gasteiger partial charge is 0.394 e. The average molecular weight is 545 g/mol. The molecule has 0 radical (unpaired) electrons. The van der Waals surface area contributed by atoms with Crippen molar-refractivity contribution in [1.29, 1.82) is 0 Å². The Balaban J connectivity index is 1.88. The second kappa shape index (κ2) is 12.8. The van der Waals surface area contributed by atoms with E-state index < -0.39 is 118 Å². The maximum absolute atomic E-state index is 11.7. The highest BCUT2D eigenvalue weighted by Gasteiger charge is 2.54. The Labute approximate surface area is 210 Å². The SMILES string of the molecule is CC(=O)N[C@H]1[C@H](O[C@@H]2[C@@H](O[C@@H]3[C@@H](O)[C@H](O)[C@@H](CO)O[C@H]3O)O[C@H](CO)[C@@H](O)[C@@H]2O)O[C@H](CO)[C@@H](O)[C@@H]1O. The number of aliphatic hydroxyl groups excluding tert-OH is 10. The van der Waals surface area contributed by atoms with E-state index in [4.69, 9.17) is 23.7 Å². The van der Waals surface area contributed by atoms with E-state index >= 15 is 0 Å². The summed E-state index contributed by atoms with van der Waals surface area (Å²) in [5, 5.41) is 103. The van der Waals surface area contributed by atoms with Crippen molar-refractivity contribution in [2.75, 3.05) is 19.8 Å². The molecule has 15 atom stereocenters. The molecule has 17 heteroatoms. The standard InChI is InChI=1S/C20H35NO16/c1-5(25)21-9-13(29)10(26)7(3-23)34-19(9)37-17-15(31)12(28)8(4-24)35-20(17)36-16-14(30)11(27)6(2-22)33-18(16)32/h6-20,22-24,26-32H,2-4H2,1H3,(H,21,25)/t6-,7-,8-,9-,10-,11-,12-,13-,14+,15+,16-,17+,18-,19+,20-/m1/s1. The van der Waals surface area contributed by atoms with Gasteiger partial charge in [-0.15, -0.1) is 0 Å². The van der Waals surface area contributed by atoms with Crippen LogP contribution in [0.15, 0.2) is 0 Å². The van der Waals surface area contributed by atoms with Gasteiger partial charge in [-0.1, -0.05) is 0 Å². The molecule has 3 aliphatic rings. The summed E-state index contributed by atoms with van der Waals surface area (Å²) in [7, 11) is 0. The Bertz CT molecular complexity index is 747. The molecular weight excluding hydrogens is 510 g/mol. The minimum atomic E-state index is -1.91. The monoisotopic (exact) mass is 545 g/mol. The highest BCUT2D eigenvalue weighted by molar-refractivity contribution is 5.73. The van der Waals surface area contributed by atoms with Crippen LogP contribution in [-0.2, 0) is 28.5 Å². The van der Waals surface area contributed by atoms with Crippen molar-refractivity contribution in [1.82, 2.24) is 5.32 Å². The van der Waals surface area contributed by atoms with Crippen LogP contribution in [-0.4, -0.2) is 169 Å². The molecule has 37 heavy (non-hydrogen) atoms. The van der Waals surface area contributed by atoms with Crippen LogP contribution >= 0.6 is 0 Å². The quantitative estimate of drug-likeness (QED) is 0.135. The summed E-state index contributed by atoms with van der Waals surface area (Å²) >= 11 is 0. The van der Waals surface area contributed by atoms with Crippen molar-refractivity contribution in [3.05, 3.63) is 0 Å². The molecule has 0 aliphatic carbocycles. The van der Waals surface area contributed by atoms with Crippen molar-refractivity contribution in [2.24, 2.45) is 0 Å². The minimum Gasteiger partial charge on any atom is -0.394 e. The summed E-state index contributed by atoms with van der Waals surface area (Å²) in [6.07, 6.45) is -23.6. The number of amides is 1. The predicted octanol–water partition coefficient (Wildman–Crippen LogP) is -7.43. The number of hydrogen-bond acceptors (Lipinski definition) is 16. The van der Waals surface area contributed by atoms with Gasteiger partial charge in [0.15, 0.2) is 18.9 Å². The van der Waals surface area contributed by atoms with Crippen molar-refractivity contribution in [3.8, 4) is 0 Å². The normalized spacial score (nSPS) is 49.0. The molecule has 17 nitrogen and oxygen atoms in total. The first-order valence-electron chi connectivity index (χ1n) is 11.6. The van der Waals surface area contributed by atoms with Crippen molar-refractivity contribution in [3.63, 3.8) is 0 Å². The number of aliphatic hydroxyl groups is 10. The third kappa shape index (κ3) is 6.38. The molecule has 216 valence electrons. The summed E-state index contributed by atoms with van der Waals surface area (Å²) in [4.78, 5) is 11.7. The van der Waals surface area contributed by atoms with Crippen LogP contribution in [0.3, 0.4) is 0 Å². The van der Waals surface area contributed by atoms with Crippen molar-refractivity contribution in [2.45, 2.75) is 99.0 Å². The number of rotatable bonds is 8. The van der Waals surface area contributed by atoms with E-state index in [2.05, 4.69) is 5.32 Å². The van der Waals surface area contributed by atoms with Crippen LogP contribution in [0, 0.1) is 0 Å². The van der Waals surface area contributed by atoms with E-state index in [0.717, 1.165) is 6.92 Å². The zero-order valence-corrected chi connectivity index (χ0v) is 19.7. The topological polar surface area (TPSA) is 278 Å². The lowest BCUT2D eigenvalue weighted by molar-refractivity contribution is -0.385. The second-order valence-electron chi connectivity index (χ2n) is 9.07. The molecule has 1 amide bonds. The lowest BCUT2D eigenvalue weighted by Crippen LogP contribution is -2.68. The smallest absolute Gasteiger partial charge is 0.217 e. The maximum atomic E-state index is 11.7. The van der Waals surface area contributed by atoms with Gasteiger partial charge in [-0.25, -0.2) is 0 Å². The molecule has 0 saturated carbocycles. The first-order chi connectivity index (χ1) is 17.4. The summed E-state index contributed by atoms with van der Waals surface area (Å²) in [5.41, 5.74) is 0. The summed E-state index contributed by atoms with van der Waals surface area (Å²) in [6, 6.07) is -1.45. The zero-order valence-electron chi connectivity index (χ0n) is 19.7. The van der Waals surface area contributed by atoms with Gasteiger partial charge in [0, 0.05) is 6.92 Å². The molecule has 0 bridgehead atoms. The number of nitrogens with one attached hydrogen (secondary N) is 1. The highest BCUT2D eigenvalue weighted by Crippen LogP contribution is 2.32. The molecule has 0 unspecified atom stereocenters. The van der Waals surface area contributed by atoms with Gasteiger partial charge in [0.2, 0.25) is 5.91 Å². The highest BCUT2D eigenvalue weighted by atomic mass is 16.8. The lowest BCUT2D eigenvalue weighted by Gasteiger charge is -2.48. The number of carbonyl (C=O) groups is 1. The van der Waals surface area contributed by atoms with E-state index in [1.54, 1.807) is 0 Å². The van der Waals surface area contributed by atoms with Crippen molar-refractivity contribution < 1.29 is 79.5 Å². The molecule has 3 saturated heterocycles. The first-order valence-corrected chi connectivity index (χ1v) is 11.6. The predicted molar refractivity (Wildman–Crippen MR) is 113 cm³/mol. The number of hydrogen-bond donors (Lipinski definition) is 11. The summed E-state index contributed by atoms with van der Waals surface area (Å²) in [6.45, 7) is -1.22. The van der Waals surface area contributed by atoms with Gasteiger partial charge >= 0.3 is 0 Å². The van der Waals surface area contributed by atoms with E-state index in [1.165, 1.54) is 0 Å². The third-order valence-electron chi connectivity index (χ3n) is 6.50. The van der Waals surface area contributed by atoms with Crippen LogP contribution in [0.2, 0.25) is 0 Å². The Kier molecular flexibility index (Phi) is 10.5. The van der Waals surface area contributed by atoms with E-state index in [0.29, 0.717) is 0 Å². The van der Waals surface area contributed by atoms with Gasteiger partial charge in [0.1, 0.15) is 73.2 Å². The van der Waals surface area contributed by atoms with Crippen molar-refractivity contribution >= 4 is 5.91 Å². The van der Waals surface area contributed by atoms with Crippen LogP contribution < -0.4 is 5.32 Å². The molecular formula is C20H35NO16. The van der Waals surface area contributed by atoms with E-state index in [9.17, 15) is 55.9 Å². The fraction of sp³-hybridized carbons (Fsp3) is 0.950. The summed E-state index contributed by atoms with van der Waals surface area (Å²) < 4.78 is 27.2. The zero-order chi connectivity index (χ0) is 27.6. The van der Waals surface area contributed by atoms with Gasteiger partial charge in [-0.05, 0) is 0 Å². The van der Waals surface area contributed by atoms with Gasteiger partial charge in [-0.2, -0.15) is 0 Å². The van der Waals surface area contributed by atoms with E-state index in [1.807, 2.05) is 0 Å². The van der Waals surface area contributed by atoms with Crippen LogP contribution in [0.25, 0.3) is 0 Å².